The maximum Gasteiger partial charge on any atom is 0.251 e. The molecule has 0 heterocycles. The van der Waals surface area contributed by atoms with Crippen molar-refractivity contribution >= 4 is 11.8 Å². The number of nitrogens with zero attached hydrogens (tertiary/aromatic N) is 1. The summed E-state index contributed by atoms with van der Waals surface area (Å²) in [7, 11) is 5.54. The molecule has 2 amide bonds. The number of amides is 2. The first-order valence-electron chi connectivity index (χ1n) is 8.93. The van der Waals surface area contributed by atoms with E-state index in [-0.39, 0.29) is 11.8 Å². The first kappa shape index (κ1) is 20.5. The Hall–Kier alpha value is -2.86. The van der Waals surface area contributed by atoms with Gasteiger partial charge in [0.1, 0.15) is 5.75 Å². The number of hydrogen-bond donors (Lipinski definition) is 2. The van der Waals surface area contributed by atoms with E-state index in [9.17, 15) is 9.59 Å². The SMILES string of the molecule is COc1cccc(CCNC(=O)c2ccc(C(=O)NCCN(C)C)cc2)c1. The van der Waals surface area contributed by atoms with Crippen LogP contribution in [0.4, 0.5) is 0 Å². The number of rotatable bonds is 9. The molecule has 0 atom stereocenters. The van der Waals surface area contributed by atoms with Gasteiger partial charge in [0.25, 0.3) is 11.8 Å². The Labute approximate surface area is 160 Å². The lowest BCUT2D eigenvalue weighted by Crippen LogP contribution is -2.31. The fourth-order valence-electron chi connectivity index (χ4n) is 2.52. The summed E-state index contributed by atoms with van der Waals surface area (Å²) in [6, 6.07) is 14.4. The van der Waals surface area contributed by atoms with Gasteiger partial charge in [-0.15, -0.1) is 0 Å². The molecule has 2 aromatic rings. The van der Waals surface area contributed by atoms with Crippen LogP contribution >= 0.6 is 0 Å². The topological polar surface area (TPSA) is 70.7 Å². The minimum Gasteiger partial charge on any atom is -0.497 e. The van der Waals surface area contributed by atoms with E-state index in [2.05, 4.69) is 10.6 Å². The molecule has 0 aliphatic heterocycles. The van der Waals surface area contributed by atoms with Gasteiger partial charge in [-0.05, 0) is 62.5 Å². The monoisotopic (exact) mass is 369 g/mol. The van der Waals surface area contributed by atoms with Crippen molar-refractivity contribution in [3.63, 3.8) is 0 Å². The smallest absolute Gasteiger partial charge is 0.251 e. The zero-order valence-corrected chi connectivity index (χ0v) is 16.1. The van der Waals surface area contributed by atoms with Crippen molar-refractivity contribution in [3.05, 3.63) is 65.2 Å². The highest BCUT2D eigenvalue weighted by atomic mass is 16.5. The molecule has 6 heteroatoms. The maximum atomic E-state index is 12.2. The molecule has 0 bridgehead atoms. The molecule has 0 fully saturated rings. The van der Waals surface area contributed by atoms with E-state index in [0.29, 0.717) is 24.2 Å². The van der Waals surface area contributed by atoms with Crippen LogP contribution < -0.4 is 15.4 Å². The lowest BCUT2D eigenvalue weighted by atomic mass is 10.1. The summed E-state index contributed by atoms with van der Waals surface area (Å²) in [5.41, 5.74) is 2.17. The van der Waals surface area contributed by atoms with Crippen molar-refractivity contribution in [2.24, 2.45) is 0 Å². The van der Waals surface area contributed by atoms with Crippen molar-refractivity contribution in [3.8, 4) is 5.75 Å². The quantitative estimate of drug-likeness (QED) is 0.709. The van der Waals surface area contributed by atoms with Crippen molar-refractivity contribution in [1.82, 2.24) is 15.5 Å². The summed E-state index contributed by atoms with van der Waals surface area (Å²) in [5, 5.41) is 5.74. The summed E-state index contributed by atoms with van der Waals surface area (Å²) < 4.78 is 5.20. The first-order valence-corrected chi connectivity index (χ1v) is 8.93. The maximum absolute atomic E-state index is 12.2. The normalized spacial score (nSPS) is 10.5. The summed E-state index contributed by atoms with van der Waals surface area (Å²) in [4.78, 5) is 26.3. The van der Waals surface area contributed by atoms with E-state index in [1.807, 2.05) is 43.3 Å². The predicted molar refractivity (Wildman–Crippen MR) is 106 cm³/mol. The molecule has 27 heavy (non-hydrogen) atoms. The molecular formula is C21H27N3O3. The molecule has 0 saturated heterocycles. The predicted octanol–water partition coefficient (Wildman–Crippen LogP) is 1.96. The van der Waals surface area contributed by atoms with Crippen LogP contribution in [0.25, 0.3) is 0 Å². The van der Waals surface area contributed by atoms with Crippen LogP contribution in [-0.2, 0) is 6.42 Å². The third-order valence-corrected chi connectivity index (χ3v) is 4.09. The molecule has 0 unspecified atom stereocenters. The zero-order chi connectivity index (χ0) is 19.6. The van der Waals surface area contributed by atoms with Crippen molar-refractivity contribution in [2.75, 3.05) is 40.8 Å². The fraction of sp³-hybridized carbons (Fsp3) is 0.333. The average Bonchev–Trinajstić information content (AvgIpc) is 2.67. The van der Waals surface area contributed by atoms with Gasteiger partial charge in [-0.3, -0.25) is 9.59 Å². The molecule has 0 aromatic heterocycles. The number of carbonyl (C=O) groups is 2. The summed E-state index contributed by atoms with van der Waals surface area (Å²) in [6.45, 7) is 1.89. The van der Waals surface area contributed by atoms with Gasteiger partial charge < -0.3 is 20.3 Å². The van der Waals surface area contributed by atoms with Gasteiger partial charge in [0.2, 0.25) is 0 Å². The van der Waals surface area contributed by atoms with Gasteiger partial charge in [0.15, 0.2) is 0 Å². The number of nitrogens with one attached hydrogen (secondary N) is 2. The van der Waals surface area contributed by atoms with Crippen molar-refractivity contribution in [2.45, 2.75) is 6.42 Å². The Bertz CT molecular complexity index is 758. The Balaban J connectivity index is 1.81. The van der Waals surface area contributed by atoms with Crippen molar-refractivity contribution < 1.29 is 14.3 Å². The molecule has 0 aliphatic carbocycles. The van der Waals surface area contributed by atoms with Gasteiger partial charge in [-0.2, -0.15) is 0 Å². The molecule has 0 spiro atoms. The van der Waals surface area contributed by atoms with Gasteiger partial charge in [0.05, 0.1) is 7.11 Å². The minimum absolute atomic E-state index is 0.137. The van der Waals surface area contributed by atoms with Crippen LogP contribution in [0.5, 0.6) is 5.75 Å². The van der Waals surface area contributed by atoms with Crippen LogP contribution in [0.2, 0.25) is 0 Å². The third-order valence-electron chi connectivity index (χ3n) is 4.09. The lowest BCUT2D eigenvalue weighted by molar-refractivity contribution is 0.0940. The number of hydrogen-bond acceptors (Lipinski definition) is 4. The molecule has 0 radical (unpaired) electrons. The minimum atomic E-state index is -0.155. The lowest BCUT2D eigenvalue weighted by Gasteiger charge is -2.10. The van der Waals surface area contributed by atoms with E-state index in [1.54, 1.807) is 31.4 Å². The number of carbonyl (C=O) groups excluding carboxylic acids is 2. The molecular weight excluding hydrogens is 342 g/mol. The molecule has 144 valence electrons. The van der Waals surface area contributed by atoms with E-state index in [1.165, 1.54) is 0 Å². The number of ether oxygens (including phenoxy) is 1. The summed E-state index contributed by atoms with van der Waals surface area (Å²) in [6.07, 6.45) is 0.718. The zero-order valence-electron chi connectivity index (χ0n) is 16.1. The summed E-state index contributed by atoms with van der Waals surface area (Å²) >= 11 is 0. The van der Waals surface area contributed by atoms with Crippen LogP contribution in [-0.4, -0.2) is 57.6 Å². The fourth-order valence-corrected chi connectivity index (χ4v) is 2.52. The van der Waals surface area contributed by atoms with E-state index in [0.717, 1.165) is 24.3 Å². The molecule has 2 aromatic carbocycles. The van der Waals surface area contributed by atoms with Crippen LogP contribution in [0.15, 0.2) is 48.5 Å². The van der Waals surface area contributed by atoms with Crippen LogP contribution in [0.1, 0.15) is 26.3 Å². The van der Waals surface area contributed by atoms with E-state index in [4.69, 9.17) is 4.74 Å². The Morgan fingerprint density at radius 3 is 2.07 bits per heavy atom. The van der Waals surface area contributed by atoms with Gasteiger partial charge >= 0.3 is 0 Å². The van der Waals surface area contributed by atoms with Crippen LogP contribution in [0, 0.1) is 0 Å². The number of methoxy groups -OCH3 is 1. The molecule has 0 aliphatic rings. The highest BCUT2D eigenvalue weighted by Gasteiger charge is 2.09. The second kappa shape index (κ2) is 10.3. The molecule has 6 nitrogen and oxygen atoms in total. The second-order valence-corrected chi connectivity index (χ2v) is 6.49. The second-order valence-electron chi connectivity index (χ2n) is 6.49. The summed E-state index contributed by atoms with van der Waals surface area (Å²) in [5.74, 6) is 0.512. The van der Waals surface area contributed by atoms with Crippen LogP contribution in [0.3, 0.4) is 0 Å². The molecule has 2 N–H and O–H groups in total. The highest BCUT2D eigenvalue weighted by Crippen LogP contribution is 2.12. The molecule has 0 saturated carbocycles. The Morgan fingerprint density at radius 2 is 1.52 bits per heavy atom. The van der Waals surface area contributed by atoms with Gasteiger partial charge in [-0.1, -0.05) is 12.1 Å². The highest BCUT2D eigenvalue weighted by molar-refractivity contribution is 5.97. The number of benzene rings is 2. The van der Waals surface area contributed by atoms with E-state index >= 15 is 0 Å². The standard InChI is InChI=1S/C21H27N3O3/c1-24(2)14-13-23-21(26)18-9-7-17(8-10-18)20(25)22-12-11-16-5-4-6-19(15-16)27-3/h4-10,15H,11-14H2,1-3H3,(H,22,25)(H,23,26). The van der Waals surface area contributed by atoms with Gasteiger partial charge in [0, 0.05) is 30.8 Å². The Kier molecular flexibility index (Phi) is 7.82. The van der Waals surface area contributed by atoms with Gasteiger partial charge in [-0.25, -0.2) is 0 Å². The Morgan fingerprint density at radius 1 is 0.926 bits per heavy atom. The van der Waals surface area contributed by atoms with Crippen molar-refractivity contribution in [1.29, 1.82) is 0 Å². The number of likely N-dealkylation sites (N-methyl/N-ethyl adjacent to an activating group) is 1. The van der Waals surface area contributed by atoms with E-state index < -0.39 is 0 Å². The largest absolute Gasteiger partial charge is 0.497 e. The molecule has 2 rings (SSSR count). The third kappa shape index (κ3) is 6.75. The average molecular weight is 369 g/mol. The first-order chi connectivity index (χ1) is 13.0.